The first-order chi connectivity index (χ1) is 11.4. The maximum Gasteiger partial charge on any atom is 0.170 e. The van der Waals surface area contributed by atoms with Crippen molar-refractivity contribution in [3.63, 3.8) is 0 Å². The number of benzene rings is 1. The SMILES string of the molecule is CC(=O)c1ccc(NC(=S)NCCCn2nc(C)c(Cl)c2C)cc1. The lowest BCUT2D eigenvalue weighted by Crippen LogP contribution is -2.29. The van der Waals surface area contributed by atoms with Crippen molar-refractivity contribution >= 4 is 40.4 Å². The lowest BCUT2D eigenvalue weighted by atomic mass is 10.1. The Balaban J connectivity index is 1.75. The Bertz CT molecular complexity index is 740. The van der Waals surface area contributed by atoms with E-state index in [1.807, 2.05) is 30.7 Å². The molecule has 0 aliphatic rings. The van der Waals surface area contributed by atoms with Crippen molar-refractivity contribution in [1.82, 2.24) is 15.1 Å². The van der Waals surface area contributed by atoms with Crippen molar-refractivity contribution in [1.29, 1.82) is 0 Å². The summed E-state index contributed by atoms with van der Waals surface area (Å²) in [6.07, 6.45) is 0.878. The van der Waals surface area contributed by atoms with Crippen LogP contribution in [0, 0.1) is 13.8 Å². The Morgan fingerprint density at radius 1 is 1.29 bits per heavy atom. The highest BCUT2D eigenvalue weighted by Crippen LogP contribution is 2.18. The molecule has 0 saturated carbocycles. The number of nitrogens with zero attached hydrogens (tertiary/aromatic N) is 2. The van der Waals surface area contributed by atoms with Crippen LogP contribution < -0.4 is 10.6 Å². The van der Waals surface area contributed by atoms with Crippen LogP contribution in [0.25, 0.3) is 0 Å². The summed E-state index contributed by atoms with van der Waals surface area (Å²) in [6.45, 7) is 6.92. The molecule has 0 amide bonds. The number of hydrogen-bond donors (Lipinski definition) is 2. The number of rotatable bonds is 6. The molecule has 0 saturated heterocycles. The first-order valence-corrected chi connectivity index (χ1v) is 8.52. The van der Waals surface area contributed by atoms with E-state index >= 15 is 0 Å². The van der Waals surface area contributed by atoms with Gasteiger partial charge in [0.1, 0.15) is 0 Å². The van der Waals surface area contributed by atoms with Crippen molar-refractivity contribution in [2.24, 2.45) is 0 Å². The maximum absolute atomic E-state index is 11.2. The van der Waals surface area contributed by atoms with Gasteiger partial charge in [0, 0.05) is 24.3 Å². The molecule has 0 fully saturated rings. The molecule has 128 valence electrons. The summed E-state index contributed by atoms with van der Waals surface area (Å²) >= 11 is 11.4. The van der Waals surface area contributed by atoms with Gasteiger partial charge in [-0.2, -0.15) is 5.10 Å². The minimum Gasteiger partial charge on any atom is -0.362 e. The second kappa shape index (κ2) is 8.26. The quantitative estimate of drug-likeness (QED) is 0.464. The van der Waals surface area contributed by atoms with E-state index in [1.54, 1.807) is 19.1 Å². The number of thiocarbonyl (C=S) groups is 1. The molecule has 0 aliphatic carbocycles. The fraction of sp³-hybridized carbons (Fsp3) is 0.353. The third-order valence-electron chi connectivity index (χ3n) is 3.67. The van der Waals surface area contributed by atoms with Crippen molar-refractivity contribution in [3.8, 4) is 0 Å². The van der Waals surface area contributed by atoms with E-state index in [4.69, 9.17) is 23.8 Å². The summed E-state index contributed by atoms with van der Waals surface area (Å²) in [5.41, 5.74) is 3.37. The molecule has 0 unspecified atom stereocenters. The van der Waals surface area contributed by atoms with Crippen molar-refractivity contribution < 1.29 is 4.79 Å². The second-order valence-corrected chi connectivity index (χ2v) is 6.36. The van der Waals surface area contributed by atoms with E-state index in [-0.39, 0.29) is 5.78 Å². The monoisotopic (exact) mass is 364 g/mol. The summed E-state index contributed by atoms with van der Waals surface area (Å²) in [5, 5.41) is 11.9. The maximum atomic E-state index is 11.2. The fourth-order valence-electron chi connectivity index (χ4n) is 2.29. The van der Waals surface area contributed by atoms with Gasteiger partial charge < -0.3 is 10.6 Å². The average Bonchev–Trinajstić information content (AvgIpc) is 2.79. The summed E-state index contributed by atoms with van der Waals surface area (Å²) in [6, 6.07) is 7.23. The molecule has 5 nitrogen and oxygen atoms in total. The van der Waals surface area contributed by atoms with E-state index in [9.17, 15) is 4.79 Å². The Morgan fingerprint density at radius 2 is 1.96 bits per heavy atom. The summed E-state index contributed by atoms with van der Waals surface area (Å²) in [4.78, 5) is 11.2. The number of Topliss-reactive ketones (excluding diaryl/α,β-unsaturated/α-hetero) is 1. The fourth-order valence-corrected chi connectivity index (χ4v) is 2.64. The Labute approximate surface area is 152 Å². The molecule has 1 aromatic carbocycles. The zero-order valence-corrected chi connectivity index (χ0v) is 15.6. The second-order valence-electron chi connectivity index (χ2n) is 5.58. The summed E-state index contributed by atoms with van der Waals surface area (Å²) in [5.74, 6) is 0.0477. The third kappa shape index (κ3) is 4.79. The molecular weight excluding hydrogens is 344 g/mol. The molecule has 1 aromatic heterocycles. The number of nitrogens with one attached hydrogen (secondary N) is 2. The minimum atomic E-state index is 0.0477. The topological polar surface area (TPSA) is 59.0 Å². The number of ketones is 1. The normalized spacial score (nSPS) is 10.5. The molecule has 24 heavy (non-hydrogen) atoms. The van der Waals surface area contributed by atoms with Gasteiger partial charge in [-0.3, -0.25) is 9.48 Å². The largest absolute Gasteiger partial charge is 0.362 e. The van der Waals surface area contributed by atoms with Crippen molar-refractivity contribution in [3.05, 3.63) is 46.2 Å². The lowest BCUT2D eigenvalue weighted by Gasteiger charge is -2.11. The molecule has 0 radical (unpaired) electrons. The minimum absolute atomic E-state index is 0.0477. The van der Waals surface area contributed by atoms with Gasteiger partial charge in [-0.25, -0.2) is 0 Å². The molecule has 2 N–H and O–H groups in total. The zero-order valence-electron chi connectivity index (χ0n) is 14.0. The predicted molar refractivity (Wildman–Crippen MR) is 102 cm³/mol. The molecule has 0 aliphatic heterocycles. The van der Waals surface area contributed by atoms with E-state index in [0.29, 0.717) is 10.7 Å². The van der Waals surface area contributed by atoms with E-state index in [2.05, 4.69) is 15.7 Å². The number of aromatic nitrogens is 2. The van der Waals surface area contributed by atoms with Crippen LogP contribution in [0.3, 0.4) is 0 Å². The number of hydrogen-bond acceptors (Lipinski definition) is 3. The number of carbonyl (C=O) groups is 1. The first-order valence-electron chi connectivity index (χ1n) is 7.74. The molecule has 2 aromatic rings. The van der Waals surface area contributed by atoms with Crippen LogP contribution in [0.2, 0.25) is 5.02 Å². The van der Waals surface area contributed by atoms with Gasteiger partial charge in [0.05, 0.1) is 16.4 Å². The molecule has 0 spiro atoms. The molecule has 1 heterocycles. The van der Waals surface area contributed by atoms with Crippen LogP contribution in [0.5, 0.6) is 0 Å². The number of aryl methyl sites for hydroxylation is 2. The smallest absolute Gasteiger partial charge is 0.170 e. The van der Waals surface area contributed by atoms with Gasteiger partial charge in [-0.15, -0.1) is 0 Å². The van der Waals surface area contributed by atoms with Crippen LogP contribution in [-0.2, 0) is 6.54 Å². The number of halogens is 1. The summed E-state index contributed by atoms with van der Waals surface area (Å²) < 4.78 is 1.91. The zero-order chi connectivity index (χ0) is 17.7. The Morgan fingerprint density at radius 3 is 2.50 bits per heavy atom. The van der Waals surface area contributed by atoms with Gasteiger partial charge in [0.25, 0.3) is 0 Å². The van der Waals surface area contributed by atoms with E-state index < -0.39 is 0 Å². The molecule has 0 atom stereocenters. The number of carbonyl (C=O) groups excluding carboxylic acids is 1. The van der Waals surface area contributed by atoms with Crippen LogP contribution in [0.1, 0.15) is 35.1 Å². The van der Waals surface area contributed by atoms with Crippen LogP contribution in [0.4, 0.5) is 5.69 Å². The third-order valence-corrected chi connectivity index (χ3v) is 4.47. The van der Waals surface area contributed by atoms with Crippen LogP contribution in [-0.4, -0.2) is 27.2 Å². The molecule has 0 bridgehead atoms. The highest BCUT2D eigenvalue weighted by Gasteiger charge is 2.08. The van der Waals surface area contributed by atoms with E-state index in [1.165, 1.54) is 0 Å². The lowest BCUT2D eigenvalue weighted by molar-refractivity contribution is 0.101. The molecule has 7 heteroatoms. The van der Waals surface area contributed by atoms with Gasteiger partial charge in [0.15, 0.2) is 10.9 Å². The molecular formula is C17H21ClN4OS. The van der Waals surface area contributed by atoms with Crippen molar-refractivity contribution in [2.75, 3.05) is 11.9 Å². The summed E-state index contributed by atoms with van der Waals surface area (Å²) in [7, 11) is 0. The van der Waals surface area contributed by atoms with Crippen LogP contribution in [0.15, 0.2) is 24.3 Å². The highest BCUT2D eigenvalue weighted by atomic mass is 35.5. The van der Waals surface area contributed by atoms with Gasteiger partial charge in [-0.1, -0.05) is 11.6 Å². The van der Waals surface area contributed by atoms with Crippen molar-refractivity contribution in [2.45, 2.75) is 33.7 Å². The van der Waals surface area contributed by atoms with Gasteiger partial charge in [0.2, 0.25) is 0 Å². The number of anilines is 1. The Kier molecular flexibility index (Phi) is 6.34. The van der Waals surface area contributed by atoms with Crippen LogP contribution >= 0.6 is 23.8 Å². The highest BCUT2D eigenvalue weighted by molar-refractivity contribution is 7.80. The Hall–Kier alpha value is -1.92. The average molecular weight is 365 g/mol. The van der Waals surface area contributed by atoms with E-state index in [0.717, 1.165) is 41.6 Å². The van der Waals surface area contributed by atoms with Gasteiger partial charge >= 0.3 is 0 Å². The standard InChI is InChI=1S/C17H21ClN4OS/c1-11-16(18)12(2)22(21-11)10-4-9-19-17(24)20-15-7-5-14(6-8-15)13(3)23/h5-8H,4,9-10H2,1-3H3,(H2,19,20,24). The first kappa shape index (κ1) is 18.4. The molecule has 2 rings (SSSR count). The van der Waals surface area contributed by atoms with Gasteiger partial charge in [-0.05, 0) is 63.7 Å². The predicted octanol–water partition coefficient (Wildman–Crippen LogP) is 3.73.